The van der Waals surface area contributed by atoms with Gasteiger partial charge in [-0.25, -0.2) is 9.59 Å². The van der Waals surface area contributed by atoms with Gasteiger partial charge in [0, 0.05) is 6.07 Å². The van der Waals surface area contributed by atoms with Gasteiger partial charge in [-0.3, -0.25) is 4.79 Å². The van der Waals surface area contributed by atoms with Crippen molar-refractivity contribution in [2.45, 2.75) is 40.2 Å². The highest BCUT2D eigenvalue weighted by Gasteiger charge is 2.16. The molecule has 0 radical (unpaired) electrons. The molecule has 0 aliphatic rings. The third kappa shape index (κ3) is 6.12. The van der Waals surface area contributed by atoms with Crippen LogP contribution in [0.3, 0.4) is 0 Å². The molecule has 3 aromatic rings. The van der Waals surface area contributed by atoms with Gasteiger partial charge in [0.15, 0.2) is 6.61 Å². The maximum absolute atomic E-state index is 13.0. The smallest absolute Gasteiger partial charge is 0.344 e. The minimum absolute atomic E-state index is 0.0398. The number of esters is 2. The van der Waals surface area contributed by atoms with E-state index in [9.17, 15) is 14.4 Å². The van der Waals surface area contributed by atoms with Crippen LogP contribution in [0, 0.1) is 6.92 Å². The SMILES string of the molecule is CCCOC(=O)c1ccc(Oc2c(C)oc3cc(OCC(=O)OC(C)C)ccc3c2=O)cc1. The summed E-state index contributed by atoms with van der Waals surface area (Å²) in [4.78, 5) is 36.6. The molecule has 3 rings (SSSR count). The summed E-state index contributed by atoms with van der Waals surface area (Å²) in [5.41, 5.74) is 0.336. The molecule has 1 aromatic heterocycles. The molecule has 0 amide bonds. The predicted molar refractivity (Wildman–Crippen MR) is 121 cm³/mol. The summed E-state index contributed by atoms with van der Waals surface area (Å²) in [6.07, 6.45) is 0.505. The van der Waals surface area contributed by atoms with Crippen LogP contribution in [-0.4, -0.2) is 31.3 Å². The van der Waals surface area contributed by atoms with E-state index in [1.807, 2.05) is 6.92 Å². The Kier molecular flexibility index (Phi) is 7.71. The number of benzene rings is 2. The third-order valence-electron chi connectivity index (χ3n) is 4.46. The highest BCUT2D eigenvalue weighted by molar-refractivity contribution is 5.89. The number of hydrogen-bond donors (Lipinski definition) is 0. The Bertz CT molecular complexity index is 1190. The van der Waals surface area contributed by atoms with Crippen LogP contribution in [-0.2, 0) is 14.3 Å². The van der Waals surface area contributed by atoms with E-state index in [0.29, 0.717) is 34.6 Å². The molecule has 0 spiro atoms. The molecule has 1 heterocycles. The fourth-order valence-electron chi connectivity index (χ4n) is 2.97. The van der Waals surface area contributed by atoms with Crippen LogP contribution in [0.2, 0.25) is 0 Å². The molecule has 174 valence electrons. The lowest BCUT2D eigenvalue weighted by Crippen LogP contribution is -2.18. The lowest BCUT2D eigenvalue weighted by molar-refractivity contribution is -0.149. The van der Waals surface area contributed by atoms with Crippen molar-refractivity contribution < 1.29 is 33.0 Å². The van der Waals surface area contributed by atoms with Gasteiger partial charge in [0.2, 0.25) is 11.2 Å². The van der Waals surface area contributed by atoms with Crippen molar-refractivity contribution in [3.05, 3.63) is 64.0 Å². The summed E-state index contributed by atoms with van der Waals surface area (Å²) in [6.45, 7) is 7.13. The summed E-state index contributed by atoms with van der Waals surface area (Å²) in [5, 5.41) is 0.299. The minimum Gasteiger partial charge on any atom is -0.482 e. The lowest BCUT2D eigenvalue weighted by atomic mass is 10.2. The molecule has 2 aromatic carbocycles. The van der Waals surface area contributed by atoms with E-state index in [1.165, 1.54) is 6.07 Å². The van der Waals surface area contributed by atoms with Crippen LogP contribution in [0.25, 0.3) is 11.0 Å². The van der Waals surface area contributed by atoms with E-state index < -0.39 is 11.9 Å². The van der Waals surface area contributed by atoms with Crippen molar-refractivity contribution in [1.29, 1.82) is 0 Å². The van der Waals surface area contributed by atoms with Crippen LogP contribution < -0.4 is 14.9 Å². The fraction of sp³-hybridized carbons (Fsp3) is 0.320. The number of fused-ring (bicyclic) bond motifs is 1. The largest absolute Gasteiger partial charge is 0.482 e. The first-order chi connectivity index (χ1) is 15.8. The number of ether oxygens (including phenoxy) is 4. The standard InChI is InChI=1S/C25H26O8/c1-5-12-29-25(28)17-6-8-18(9-7-17)33-24-16(4)32-21-13-19(10-11-20(21)23(24)27)30-14-22(26)31-15(2)3/h6-11,13,15H,5,12,14H2,1-4H3. The van der Waals surface area contributed by atoms with Gasteiger partial charge in [-0.05, 0) is 63.6 Å². The first-order valence-electron chi connectivity index (χ1n) is 10.6. The molecule has 0 fully saturated rings. The molecule has 0 saturated carbocycles. The van der Waals surface area contributed by atoms with Gasteiger partial charge in [-0.15, -0.1) is 0 Å². The monoisotopic (exact) mass is 454 g/mol. The number of rotatable bonds is 9. The maximum Gasteiger partial charge on any atom is 0.344 e. The average molecular weight is 454 g/mol. The molecule has 0 unspecified atom stereocenters. The summed E-state index contributed by atoms with van der Waals surface area (Å²) in [7, 11) is 0. The zero-order chi connectivity index (χ0) is 24.0. The molecular weight excluding hydrogens is 428 g/mol. The molecule has 0 saturated heterocycles. The van der Waals surface area contributed by atoms with Crippen LogP contribution in [0.5, 0.6) is 17.2 Å². The Morgan fingerprint density at radius 2 is 1.73 bits per heavy atom. The summed E-state index contributed by atoms with van der Waals surface area (Å²) >= 11 is 0. The zero-order valence-corrected chi connectivity index (χ0v) is 19.0. The van der Waals surface area contributed by atoms with Crippen LogP contribution >= 0.6 is 0 Å². The zero-order valence-electron chi connectivity index (χ0n) is 19.0. The number of carbonyl (C=O) groups is 2. The molecule has 0 N–H and O–H groups in total. The third-order valence-corrected chi connectivity index (χ3v) is 4.46. The van der Waals surface area contributed by atoms with Crippen molar-refractivity contribution in [1.82, 2.24) is 0 Å². The molecule has 0 aliphatic heterocycles. The van der Waals surface area contributed by atoms with E-state index in [0.717, 1.165) is 6.42 Å². The number of carbonyl (C=O) groups excluding carboxylic acids is 2. The second-order valence-corrected chi connectivity index (χ2v) is 7.56. The summed E-state index contributed by atoms with van der Waals surface area (Å²) in [5.74, 6) is 0.148. The van der Waals surface area contributed by atoms with Crippen LogP contribution in [0.15, 0.2) is 51.7 Å². The van der Waals surface area contributed by atoms with E-state index in [2.05, 4.69) is 0 Å². The van der Waals surface area contributed by atoms with E-state index in [1.54, 1.807) is 57.2 Å². The molecule has 0 atom stereocenters. The molecule has 0 bridgehead atoms. The number of aryl methyl sites for hydroxylation is 1. The van der Waals surface area contributed by atoms with Crippen molar-refractivity contribution >= 4 is 22.9 Å². The summed E-state index contributed by atoms with van der Waals surface area (Å²) < 4.78 is 27.1. The first-order valence-corrected chi connectivity index (χ1v) is 10.6. The quantitative estimate of drug-likeness (QED) is 0.425. The highest BCUT2D eigenvalue weighted by atomic mass is 16.6. The van der Waals surface area contributed by atoms with Crippen molar-refractivity contribution in [2.24, 2.45) is 0 Å². The van der Waals surface area contributed by atoms with Crippen LogP contribution in [0.4, 0.5) is 0 Å². The second kappa shape index (κ2) is 10.7. The molecular formula is C25H26O8. The van der Waals surface area contributed by atoms with Gasteiger partial charge in [0.1, 0.15) is 22.8 Å². The molecule has 0 aliphatic carbocycles. The Hall–Kier alpha value is -3.81. The van der Waals surface area contributed by atoms with Gasteiger partial charge in [0.05, 0.1) is 23.7 Å². The van der Waals surface area contributed by atoms with Gasteiger partial charge >= 0.3 is 11.9 Å². The van der Waals surface area contributed by atoms with Gasteiger partial charge < -0.3 is 23.4 Å². The average Bonchev–Trinajstić information content (AvgIpc) is 2.78. The maximum atomic E-state index is 13.0. The first kappa shape index (κ1) is 23.8. The molecule has 8 nitrogen and oxygen atoms in total. The highest BCUT2D eigenvalue weighted by Crippen LogP contribution is 2.27. The normalized spacial score (nSPS) is 10.8. The van der Waals surface area contributed by atoms with Gasteiger partial charge in [-0.1, -0.05) is 6.92 Å². The van der Waals surface area contributed by atoms with E-state index >= 15 is 0 Å². The Balaban J connectivity index is 1.77. The molecule has 33 heavy (non-hydrogen) atoms. The van der Waals surface area contributed by atoms with Crippen molar-refractivity contribution in [2.75, 3.05) is 13.2 Å². The fourth-order valence-corrected chi connectivity index (χ4v) is 2.97. The van der Waals surface area contributed by atoms with E-state index in [-0.39, 0.29) is 29.6 Å². The lowest BCUT2D eigenvalue weighted by Gasteiger charge is -2.11. The Labute approximate surface area is 191 Å². The predicted octanol–water partition coefficient (Wildman–Crippen LogP) is 4.79. The van der Waals surface area contributed by atoms with Gasteiger partial charge in [-0.2, -0.15) is 0 Å². The summed E-state index contributed by atoms with van der Waals surface area (Å²) in [6, 6.07) is 10.9. The van der Waals surface area contributed by atoms with Crippen LogP contribution in [0.1, 0.15) is 43.3 Å². The number of hydrogen-bond acceptors (Lipinski definition) is 8. The van der Waals surface area contributed by atoms with E-state index in [4.69, 9.17) is 23.4 Å². The Morgan fingerprint density at radius 1 is 1.03 bits per heavy atom. The van der Waals surface area contributed by atoms with Crippen molar-refractivity contribution in [3.8, 4) is 17.2 Å². The topological polar surface area (TPSA) is 101 Å². The Morgan fingerprint density at radius 3 is 2.39 bits per heavy atom. The van der Waals surface area contributed by atoms with Gasteiger partial charge in [0.25, 0.3) is 0 Å². The minimum atomic E-state index is -0.490. The second-order valence-electron chi connectivity index (χ2n) is 7.56. The van der Waals surface area contributed by atoms with Crippen molar-refractivity contribution in [3.63, 3.8) is 0 Å². The molecule has 8 heteroatoms.